The van der Waals surface area contributed by atoms with Gasteiger partial charge in [0.1, 0.15) is 5.82 Å². The van der Waals surface area contributed by atoms with Gasteiger partial charge in [-0.15, -0.1) is 54.1 Å². The molecule has 0 N–H and O–H groups in total. The third kappa shape index (κ3) is 7.35. The fourth-order valence-electron chi connectivity index (χ4n) is 4.87. The van der Waals surface area contributed by atoms with E-state index in [4.69, 9.17) is 12.6 Å². The summed E-state index contributed by atoms with van der Waals surface area (Å²) in [4.78, 5) is 12.7. The van der Waals surface area contributed by atoms with Crippen LogP contribution in [0.25, 0.3) is 44.6 Å². The summed E-state index contributed by atoms with van der Waals surface area (Å²) in [5.41, 5.74) is 3.98. The summed E-state index contributed by atoms with van der Waals surface area (Å²) < 4.78 is 64.5. The number of halogens is 1. The number of furan rings is 1. The van der Waals surface area contributed by atoms with Crippen LogP contribution in [-0.4, -0.2) is 23.0 Å². The molecule has 223 valence electrons. The van der Waals surface area contributed by atoms with Crippen molar-refractivity contribution in [1.82, 2.24) is 15.0 Å². The summed E-state index contributed by atoms with van der Waals surface area (Å²) in [5, 5.41) is 2.72. The van der Waals surface area contributed by atoms with Gasteiger partial charge in [-0.2, -0.15) is 0 Å². The van der Waals surface area contributed by atoms with Gasteiger partial charge in [-0.25, -0.2) is 9.37 Å². The summed E-state index contributed by atoms with van der Waals surface area (Å²) in [6.07, 6.45) is 4.08. The zero-order valence-corrected chi connectivity index (χ0v) is 28.1. The topological polar surface area (TPSA) is 51.8 Å². The normalized spacial score (nSPS) is 14.0. The monoisotopic (exact) mass is 772 g/mol. The van der Waals surface area contributed by atoms with E-state index in [0.29, 0.717) is 27.8 Å². The van der Waals surface area contributed by atoms with E-state index in [1.165, 1.54) is 16.8 Å². The molecule has 0 saturated carbocycles. The van der Waals surface area contributed by atoms with Crippen molar-refractivity contribution in [2.75, 3.05) is 0 Å². The Kier molecular flexibility index (Phi) is 7.76. The standard InChI is InChI=1S/C18H12FN2O.C18H24NSi.Ir/c1-10-8-16(20-9-15(10)19)14-5-3-4-12-13-7-6-11(2)21-18(13)22-17(12)14;1-14(2)11-16-12-17(15-9-7-6-8-10-15)19-13-18(16)20(3,4)5;/h3-4,6-9H,1-2H3;6-9,12-14H,11H2,1-5H3;/q2*-1;/i1D3,2D3;;. The second-order valence-electron chi connectivity index (χ2n) is 11.6. The Morgan fingerprint density at radius 3 is 2.44 bits per heavy atom. The smallest absolute Gasteiger partial charge is 0.216 e. The number of hydrogen-bond donors (Lipinski definition) is 0. The van der Waals surface area contributed by atoms with E-state index >= 15 is 0 Å². The van der Waals surface area contributed by atoms with E-state index in [0.717, 1.165) is 29.9 Å². The van der Waals surface area contributed by atoms with E-state index in [-0.39, 0.29) is 37.2 Å². The van der Waals surface area contributed by atoms with E-state index < -0.39 is 33.2 Å². The Hall–Kier alpha value is -3.51. The fourth-order valence-corrected chi connectivity index (χ4v) is 6.46. The molecule has 2 aromatic carbocycles. The van der Waals surface area contributed by atoms with Crippen LogP contribution in [0.3, 0.4) is 0 Å². The van der Waals surface area contributed by atoms with Crippen molar-refractivity contribution in [2.45, 2.75) is 53.6 Å². The van der Waals surface area contributed by atoms with Crippen molar-refractivity contribution in [3.8, 4) is 22.5 Å². The number of pyridine rings is 3. The van der Waals surface area contributed by atoms with Crippen LogP contribution in [0.1, 0.15) is 38.9 Å². The molecular weight excluding hydrogens is 730 g/mol. The number of aryl methyl sites for hydroxylation is 2. The first kappa shape index (κ1) is 24.9. The molecule has 0 amide bonds. The summed E-state index contributed by atoms with van der Waals surface area (Å²) in [7, 11) is -1.34. The minimum atomic E-state index is -2.64. The van der Waals surface area contributed by atoms with Gasteiger partial charge in [0.15, 0.2) is 0 Å². The molecule has 4 heterocycles. The van der Waals surface area contributed by atoms with Crippen molar-refractivity contribution in [2.24, 2.45) is 5.92 Å². The van der Waals surface area contributed by atoms with Crippen molar-refractivity contribution in [1.29, 1.82) is 0 Å². The first-order valence-electron chi connectivity index (χ1n) is 16.8. The van der Waals surface area contributed by atoms with Crippen LogP contribution in [0.15, 0.2) is 77.5 Å². The second-order valence-corrected chi connectivity index (χ2v) is 16.7. The predicted octanol–water partition coefficient (Wildman–Crippen LogP) is 8.89. The predicted molar refractivity (Wildman–Crippen MR) is 173 cm³/mol. The molecule has 7 heteroatoms. The summed E-state index contributed by atoms with van der Waals surface area (Å²) in [5.74, 6) is -0.260. The summed E-state index contributed by atoms with van der Waals surface area (Å²) >= 11 is 0. The van der Waals surface area contributed by atoms with Gasteiger partial charge in [0.2, 0.25) is 5.71 Å². The van der Waals surface area contributed by atoms with Gasteiger partial charge in [-0.1, -0.05) is 62.1 Å². The number of aromatic nitrogens is 3. The Balaban J connectivity index is 0.000000229. The molecule has 43 heavy (non-hydrogen) atoms. The van der Waals surface area contributed by atoms with Gasteiger partial charge < -0.3 is 14.4 Å². The first-order chi connectivity index (χ1) is 22.4. The summed E-state index contributed by atoms with van der Waals surface area (Å²) in [6.45, 7) is 6.72. The van der Waals surface area contributed by atoms with Gasteiger partial charge in [0, 0.05) is 45.6 Å². The molecule has 0 bridgehead atoms. The van der Waals surface area contributed by atoms with E-state index in [2.05, 4.69) is 78.9 Å². The minimum Gasteiger partial charge on any atom is -0.486 e. The van der Waals surface area contributed by atoms with Crippen LogP contribution in [0.5, 0.6) is 0 Å². The fraction of sp³-hybridized carbons (Fsp3) is 0.250. The molecule has 0 spiro atoms. The number of nitrogens with zero attached hydrogens (tertiary/aromatic N) is 3. The van der Waals surface area contributed by atoms with Crippen molar-refractivity contribution >= 4 is 35.3 Å². The maximum absolute atomic E-state index is 13.9. The molecule has 0 fully saturated rings. The Morgan fingerprint density at radius 2 is 1.74 bits per heavy atom. The Labute approximate surface area is 276 Å². The van der Waals surface area contributed by atoms with Gasteiger partial charge >= 0.3 is 0 Å². The molecule has 0 aliphatic carbocycles. The third-order valence-electron chi connectivity index (χ3n) is 6.82. The SMILES string of the molecule is CC(C)Cc1cc(-c2[c-]cccc2)ncc1[Si](C)(C)C.[2H]C([2H])([2H])c1ccc2c(n1)oc1c(-c3cc(C([2H])([2H])[2H])c(F)cn3)[c-]ccc12.[Ir]. The molecule has 4 nitrogen and oxygen atoms in total. The zero-order chi connectivity index (χ0) is 35.0. The van der Waals surface area contributed by atoms with Crippen LogP contribution in [-0.2, 0) is 26.5 Å². The summed E-state index contributed by atoms with van der Waals surface area (Å²) in [6, 6.07) is 24.0. The molecule has 6 aromatic rings. The largest absolute Gasteiger partial charge is 0.486 e. The average Bonchev–Trinajstić information content (AvgIpc) is 3.39. The van der Waals surface area contributed by atoms with Crippen molar-refractivity contribution in [3.63, 3.8) is 0 Å². The maximum Gasteiger partial charge on any atom is 0.216 e. The average molecular weight is 772 g/mol. The molecule has 6 rings (SSSR count). The molecule has 4 aromatic heterocycles. The van der Waals surface area contributed by atoms with Gasteiger partial charge in [0.25, 0.3) is 0 Å². The maximum atomic E-state index is 13.9. The van der Waals surface area contributed by atoms with Gasteiger partial charge in [0.05, 0.1) is 19.9 Å². The van der Waals surface area contributed by atoms with Crippen LogP contribution in [0.2, 0.25) is 19.6 Å². The van der Waals surface area contributed by atoms with Crippen molar-refractivity contribution in [3.05, 3.63) is 108 Å². The quantitative estimate of drug-likeness (QED) is 0.130. The molecule has 0 unspecified atom stereocenters. The van der Waals surface area contributed by atoms with E-state index in [1.807, 2.05) is 18.2 Å². The molecule has 1 radical (unpaired) electrons. The Morgan fingerprint density at radius 1 is 0.930 bits per heavy atom. The van der Waals surface area contributed by atoms with Crippen molar-refractivity contribution < 1.29 is 37.1 Å². The Bertz CT molecular complexity index is 2080. The van der Waals surface area contributed by atoms with Crippen LogP contribution in [0.4, 0.5) is 4.39 Å². The van der Waals surface area contributed by atoms with Crippen LogP contribution >= 0.6 is 0 Å². The molecule has 0 atom stereocenters. The molecular formula is C36H36FIrN3OSi-2. The first-order valence-corrected chi connectivity index (χ1v) is 17.3. The van der Waals surface area contributed by atoms with Gasteiger partial charge in [-0.3, -0.25) is 0 Å². The van der Waals surface area contributed by atoms with E-state index in [9.17, 15) is 4.39 Å². The van der Waals surface area contributed by atoms with Crippen LogP contribution in [0, 0.1) is 37.6 Å². The molecule has 0 aliphatic heterocycles. The van der Waals surface area contributed by atoms with Gasteiger partial charge in [-0.05, 0) is 60.3 Å². The number of rotatable bonds is 5. The minimum absolute atomic E-state index is 0. The molecule has 0 saturated heterocycles. The zero-order valence-electron chi connectivity index (χ0n) is 30.7. The second kappa shape index (κ2) is 13.4. The number of fused-ring (bicyclic) bond motifs is 3. The van der Waals surface area contributed by atoms with Crippen LogP contribution < -0.4 is 5.19 Å². The number of benzene rings is 2. The third-order valence-corrected chi connectivity index (χ3v) is 8.89. The molecule has 0 aliphatic rings. The van der Waals surface area contributed by atoms with E-state index in [1.54, 1.807) is 18.2 Å². The number of hydrogen-bond acceptors (Lipinski definition) is 4.